The van der Waals surface area contributed by atoms with Crippen LogP contribution in [0.25, 0.3) is 0 Å². The first kappa shape index (κ1) is 9.13. The SMILES string of the molecule is O=C=O.O=[N+]([O-])O. The van der Waals surface area contributed by atoms with Crippen LogP contribution in [0, 0.1) is 10.1 Å². The summed E-state index contributed by atoms with van der Waals surface area (Å²) in [6, 6.07) is 0. The minimum absolute atomic E-state index is 0.250. The van der Waals surface area contributed by atoms with Gasteiger partial charge in [0.1, 0.15) is 0 Å². The molecule has 40 valence electrons. The molecule has 0 atom stereocenters. The Labute approximate surface area is 37.5 Å². The largest absolute Gasteiger partial charge is 0.373 e. The molecule has 0 fully saturated rings. The molecule has 0 heterocycles. The number of hydrogen-bond donors (Lipinski definition) is 1. The van der Waals surface area contributed by atoms with Crippen molar-refractivity contribution in [2.75, 3.05) is 0 Å². The molecule has 0 rings (SSSR count). The Bertz CT molecular complexity index is 76.1. The van der Waals surface area contributed by atoms with Crippen LogP contribution in [0.3, 0.4) is 0 Å². The topological polar surface area (TPSA) is 97.5 Å². The second-order valence-electron chi connectivity index (χ2n) is 0.321. The van der Waals surface area contributed by atoms with Crippen LogP contribution in [0.5, 0.6) is 0 Å². The van der Waals surface area contributed by atoms with E-state index in [1.807, 2.05) is 0 Å². The van der Waals surface area contributed by atoms with Crippen molar-refractivity contribution in [2.24, 2.45) is 0 Å². The maximum absolute atomic E-state index is 8.36. The first-order valence-corrected chi connectivity index (χ1v) is 0.973. The van der Waals surface area contributed by atoms with Crippen LogP contribution in [0.1, 0.15) is 0 Å². The predicted octanol–water partition coefficient (Wildman–Crippen LogP) is -0.931. The maximum Gasteiger partial charge on any atom is 0.373 e. The number of carbonyl (C=O) groups excluding carboxylic acids is 2. The molecule has 0 unspecified atom stereocenters. The highest BCUT2D eigenvalue weighted by molar-refractivity contribution is 5.20. The summed E-state index contributed by atoms with van der Waals surface area (Å²) < 4.78 is 0. The van der Waals surface area contributed by atoms with E-state index >= 15 is 0 Å². The van der Waals surface area contributed by atoms with Crippen molar-refractivity contribution in [1.82, 2.24) is 0 Å². The van der Waals surface area contributed by atoms with E-state index in [2.05, 4.69) is 0 Å². The summed E-state index contributed by atoms with van der Waals surface area (Å²) in [7, 11) is 0. The van der Waals surface area contributed by atoms with Gasteiger partial charge in [0.05, 0.1) is 0 Å². The molecule has 0 saturated carbocycles. The van der Waals surface area contributed by atoms with Crippen LogP contribution in [0.15, 0.2) is 0 Å². The summed E-state index contributed by atoms with van der Waals surface area (Å²) in [4.78, 5) is 24.6. The summed E-state index contributed by atoms with van der Waals surface area (Å²) in [6.45, 7) is 0. The second kappa shape index (κ2) is 8.82. The van der Waals surface area contributed by atoms with Crippen molar-refractivity contribution in [2.45, 2.75) is 0 Å². The van der Waals surface area contributed by atoms with E-state index in [0.29, 0.717) is 0 Å². The van der Waals surface area contributed by atoms with Crippen LogP contribution < -0.4 is 0 Å². The Balaban J connectivity index is 0. The van der Waals surface area contributed by atoms with Gasteiger partial charge in [0.25, 0.3) is 5.09 Å². The lowest BCUT2D eigenvalue weighted by Crippen LogP contribution is -1.81. The monoisotopic (exact) mass is 107 g/mol. The van der Waals surface area contributed by atoms with Gasteiger partial charge in [-0.3, -0.25) is 0 Å². The molecule has 0 aromatic carbocycles. The molecule has 6 nitrogen and oxygen atoms in total. The quantitative estimate of drug-likeness (QED) is 0.318. The second-order valence-corrected chi connectivity index (χ2v) is 0.321. The van der Waals surface area contributed by atoms with Gasteiger partial charge in [-0.15, -0.1) is 10.1 Å². The Morgan fingerprint density at radius 3 is 1.57 bits per heavy atom. The maximum atomic E-state index is 8.36. The minimum Gasteiger partial charge on any atom is -0.328 e. The van der Waals surface area contributed by atoms with Gasteiger partial charge in [-0.25, -0.2) is 0 Å². The number of rotatable bonds is 0. The van der Waals surface area contributed by atoms with E-state index in [4.69, 9.17) is 24.9 Å². The van der Waals surface area contributed by atoms with Gasteiger partial charge in [-0.1, -0.05) is 0 Å². The molecule has 0 aliphatic rings. The summed E-state index contributed by atoms with van der Waals surface area (Å²) in [6.07, 6.45) is 0.250. The van der Waals surface area contributed by atoms with Gasteiger partial charge < -0.3 is 5.21 Å². The standard InChI is InChI=1S/CO2.HNO3/c2-1-3;2-1(3)4/h;(H,2,3,4). The molecular weight excluding hydrogens is 106 g/mol. The van der Waals surface area contributed by atoms with E-state index in [-0.39, 0.29) is 6.15 Å². The molecular formula is CHNO5. The van der Waals surface area contributed by atoms with Gasteiger partial charge in [-0.05, 0) is 0 Å². The normalized spacial score (nSPS) is 4.57. The molecule has 0 aromatic rings. The third-order valence-corrected chi connectivity index (χ3v) is 0. The van der Waals surface area contributed by atoms with Crippen LogP contribution in [0.4, 0.5) is 0 Å². The van der Waals surface area contributed by atoms with Gasteiger partial charge in [-0.2, -0.15) is 9.59 Å². The molecule has 1 N–H and O–H groups in total. The average molecular weight is 107 g/mol. The van der Waals surface area contributed by atoms with E-state index < -0.39 is 5.09 Å². The van der Waals surface area contributed by atoms with Crippen LogP contribution in [-0.2, 0) is 9.59 Å². The van der Waals surface area contributed by atoms with Crippen molar-refractivity contribution >= 4 is 6.15 Å². The Morgan fingerprint density at radius 1 is 1.57 bits per heavy atom. The molecule has 0 amide bonds. The van der Waals surface area contributed by atoms with Crippen LogP contribution in [-0.4, -0.2) is 16.4 Å². The first-order valence-electron chi connectivity index (χ1n) is 0.973. The lowest BCUT2D eigenvalue weighted by molar-refractivity contribution is -0.742. The first-order chi connectivity index (χ1) is 3.15. The molecule has 6 heteroatoms. The number of nitrogens with zero attached hydrogens (tertiary/aromatic N) is 1. The predicted molar refractivity (Wildman–Crippen MR) is 13.8 cm³/mol. The fourth-order valence-electron chi connectivity index (χ4n) is 0. The Morgan fingerprint density at radius 2 is 1.57 bits per heavy atom. The van der Waals surface area contributed by atoms with Crippen molar-refractivity contribution in [1.29, 1.82) is 0 Å². The molecule has 0 radical (unpaired) electrons. The zero-order valence-corrected chi connectivity index (χ0v) is 3.03. The Hall–Kier alpha value is -1.42. The zero-order chi connectivity index (χ0) is 6.28. The summed E-state index contributed by atoms with van der Waals surface area (Å²) >= 11 is 0. The lowest BCUT2D eigenvalue weighted by Gasteiger charge is -1.56. The summed E-state index contributed by atoms with van der Waals surface area (Å²) in [5, 5.41) is 13.6. The molecule has 0 bridgehead atoms. The Kier molecular flexibility index (Phi) is 11.5. The zero-order valence-electron chi connectivity index (χ0n) is 3.03. The molecule has 0 saturated heterocycles. The molecule has 0 aliphatic heterocycles. The van der Waals surface area contributed by atoms with Crippen molar-refractivity contribution in [3.63, 3.8) is 0 Å². The van der Waals surface area contributed by atoms with E-state index in [1.165, 1.54) is 0 Å². The minimum atomic E-state index is -1.50. The van der Waals surface area contributed by atoms with Gasteiger partial charge in [0, 0.05) is 0 Å². The third kappa shape index (κ3) is 15.1. The molecule has 7 heavy (non-hydrogen) atoms. The molecule has 0 aromatic heterocycles. The number of hydrogen-bond acceptors (Lipinski definition) is 4. The van der Waals surface area contributed by atoms with E-state index in [0.717, 1.165) is 0 Å². The van der Waals surface area contributed by atoms with Crippen molar-refractivity contribution in [3.05, 3.63) is 10.1 Å². The van der Waals surface area contributed by atoms with Crippen LogP contribution in [0.2, 0.25) is 0 Å². The van der Waals surface area contributed by atoms with Crippen molar-refractivity contribution in [3.8, 4) is 0 Å². The smallest absolute Gasteiger partial charge is 0.328 e. The van der Waals surface area contributed by atoms with E-state index in [1.54, 1.807) is 0 Å². The van der Waals surface area contributed by atoms with E-state index in [9.17, 15) is 0 Å². The highest BCUT2D eigenvalue weighted by Gasteiger charge is 1.65. The van der Waals surface area contributed by atoms with Gasteiger partial charge in [0.2, 0.25) is 0 Å². The fourth-order valence-corrected chi connectivity index (χ4v) is 0. The molecule has 0 aliphatic carbocycles. The average Bonchev–Trinajstić information content (AvgIpc) is 1.33. The fraction of sp³-hybridized carbons (Fsp3) is 0. The molecule has 0 spiro atoms. The van der Waals surface area contributed by atoms with Gasteiger partial charge >= 0.3 is 6.15 Å². The van der Waals surface area contributed by atoms with Crippen LogP contribution >= 0.6 is 0 Å². The highest BCUT2D eigenvalue weighted by atomic mass is 16.9. The summed E-state index contributed by atoms with van der Waals surface area (Å²) in [5.41, 5.74) is 0. The lowest BCUT2D eigenvalue weighted by atomic mass is 11.8. The van der Waals surface area contributed by atoms with Gasteiger partial charge in [0.15, 0.2) is 0 Å². The summed E-state index contributed by atoms with van der Waals surface area (Å²) in [5.74, 6) is 0. The third-order valence-electron chi connectivity index (χ3n) is 0. The highest BCUT2D eigenvalue weighted by Crippen LogP contribution is 1.38. The van der Waals surface area contributed by atoms with Crippen molar-refractivity contribution < 1.29 is 19.9 Å².